The lowest BCUT2D eigenvalue weighted by molar-refractivity contribution is 0.0696. The summed E-state index contributed by atoms with van der Waals surface area (Å²) in [7, 11) is -4.55. The fourth-order valence-corrected chi connectivity index (χ4v) is 4.58. The van der Waals surface area contributed by atoms with Crippen LogP contribution in [0.3, 0.4) is 0 Å². The summed E-state index contributed by atoms with van der Waals surface area (Å²) < 4.78 is 19.5. The molecular weight excluding hydrogens is 448 g/mol. The van der Waals surface area contributed by atoms with Crippen LogP contribution in [0, 0.1) is 0 Å². The van der Waals surface area contributed by atoms with E-state index < -0.39 is 22.6 Å². The summed E-state index contributed by atoms with van der Waals surface area (Å²) in [6, 6.07) is 12.9. The summed E-state index contributed by atoms with van der Waals surface area (Å²) in [6.45, 7) is 21.9. The lowest BCUT2D eigenvalue weighted by Gasteiger charge is -2.40. The van der Waals surface area contributed by atoms with E-state index in [9.17, 15) is 9.90 Å². The van der Waals surface area contributed by atoms with Crippen molar-refractivity contribution in [2.45, 2.75) is 84.4 Å². The Hall–Kier alpha value is -2.26. The molecule has 182 valence electrons. The zero-order valence-corrected chi connectivity index (χ0v) is 23.8. The zero-order chi connectivity index (χ0) is 25.2. The van der Waals surface area contributed by atoms with Crippen LogP contribution in [0.4, 0.5) is 0 Å². The van der Waals surface area contributed by atoms with E-state index >= 15 is 0 Å². The molecule has 0 aromatic heterocycles. The molecular formula is C26H40O5Si2. The number of carboxylic acids is 1. The third kappa shape index (κ3) is 6.63. The SMILES string of the molecule is CC(C)(C)[Si](C)(C)Oc1cc(C(=O)O)cc(OCc2ccccc2)c1O[Si](C)(C)C(C)(C)C. The van der Waals surface area contributed by atoms with Crippen LogP contribution in [0.15, 0.2) is 42.5 Å². The Morgan fingerprint density at radius 2 is 1.30 bits per heavy atom. The van der Waals surface area contributed by atoms with Gasteiger partial charge in [-0.1, -0.05) is 71.9 Å². The van der Waals surface area contributed by atoms with Gasteiger partial charge in [-0.15, -0.1) is 0 Å². The molecule has 2 aromatic carbocycles. The molecule has 0 aliphatic heterocycles. The van der Waals surface area contributed by atoms with Crippen molar-refractivity contribution in [3.8, 4) is 17.2 Å². The summed E-state index contributed by atoms with van der Waals surface area (Å²) in [6.07, 6.45) is 0. The first-order chi connectivity index (χ1) is 14.9. The van der Waals surface area contributed by atoms with E-state index in [1.807, 2.05) is 30.3 Å². The van der Waals surface area contributed by atoms with Gasteiger partial charge in [0.05, 0.1) is 5.56 Å². The molecule has 0 amide bonds. The minimum Gasteiger partial charge on any atom is -0.541 e. The van der Waals surface area contributed by atoms with Crippen molar-refractivity contribution in [2.24, 2.45) is 0 Å². The number of hydrogen-bond donors (Lipinski definition) is 1. The molecule has 2 rings (SSSR count). The Bertz CT molecular complexity index is 971. The predicted molar refractivity (Wildman–Crippen MR) is 140 cm³/mol. The first kappa shape index (κ1) is 27.0. The van der Waals surface area contributed by atoms with E-state index in [0.717, 1.165) is 5.56 Å². The molecule has 33 heavy (non-hydrogen) atoms. The van der Waals surface area contributed by atoms with Gasteiger partial charge < -0.3 is 18.7 Å². The molecule has 0 aliphatic carbocycles. The fourth-order valence-electron chi connectivity index (χ4n) is 2.56. The number of hydrogen-bond acceptors (Lipinski definition) is 4. The molecule has 0 spiro atoms. The first-order valence-corrected chi connectivity index (χ1v) is 17.2. The Morgan fingerprint density at radius 3 is 1.79 bits per heavy atom. The number of carboxylic acid groups (broad SMARTS) is 1. The van der Waals surface area contributed by atoms with Crippen LogP contribution in [0.5, 0.6) is 17.2 Å². The highest BCUT2D eigenvalue weighted by molar-refractivity contribution is 6.75. The van der Waals surface area contributed by atoms with E-state index in [0.29, 0.717) is 23.9 Å². The molecule has 0 bridgehead atoms. The lowest BCUT2D eigenvalue weighted by Crippen LogP contribution is -2.46. The summed E-state index contributed by atoms with van der Waals surface area (Å²) in [5.41, 5.74) is 1.11. The van der Waals surface area contributed by atoms with E-state index in [4.69, 9.17) is 13.6 Å². The van der Waals surface area contributed by atoms with Gasteiger partial charge in [0.2, 0.25) is 0 Å². The highest BCUT2D eigenvalue weighted by atomic mass is 28.4. The monoisotopic (exact) mass is 488 g/mol. The van der Waals surface area contributed by atoms with Gasteiger partial charge in [0, 0.05) is 0 Å². The van der Waals surface area contributed by atoms with Gasteiger partial charge in [-0.25, -0.2) is 4.79 Å². The van der Waals surface area contributed by atoms with Crippen LogP contribution in [-0.4, -0.2) is 27.7 Å². The first-order valence-electron chi connectivity index (χ1n) is 11.4. The second-order valence-corrected chi connectivity index (χ2v) is 21.1. The van der Waals surface area contributed by atoms with Gasteiger partial charge in [-0.3, -0.25) is 0 Å². The smallest absolute Gasteiger partial charge is 0.335 e. The lowest BCUT2D eigenvalue weighted by atomic mass is 10.2. The largest absolute Gasteiger partial charge is 0.541 e. The highest BCUT2D eigenvalue weighted by Crippen LogP contribution is 2.48. The standard InChI is InChI=1S/C26H40O5Si2/c1-25(2,3)32(7,8)30-22-17-20(24(27)28)16-21(29-18-19-14-12-11-13-15-19)23(22)31-33(9,10)26(4,5)6/h11-17H,18H2,1-10H3,(H,27,28). The maximum atomic E-state index is 12.0. The molecule has 0 saturated carbocycles. The second-order valence-electron chi connectivity index (χ2n) is 11.6. The van der Waals surface area contributed by atoms with Gasteiger partial charge in [0.25, 0.3) is 16.6 Å². The molecule has 0 heterocycles. The number of benzene rings is 2. The average molecular weight is 489 g/mol. The Kier molecular flexibility index (Phi) is 7.81. The van der Waals surface area contributed by atoms with Crippen LogP contribution in [0.1, 0.15) is 57.5 Å². The molecule has 7 heteroatoms. The molecule has 0 radical (unpaired) electrons. The van der Waals surface area contributed by atoms with Gasteiger partial charge >= 0.3 is 5.97 Å². The molecule has 2 aromatic rings. The van der Waals surface area contributed by atoms with Crippen molar-refractivity contribution >= 4 is 22.6 Å². The summed E-state index contributed by atoms with van der Waals surface area (Å²) in [4.78, 5) is 12.0. The molecule has 0 atom stereocenters. The summed E-state index contributed by atoms with van der Waals surface area (Å²) >= 11 is 0. The van der Waals surface area contributed by atoms with Crippen molar-refractivity contribution < 1.29 is 23.5 Å². The molecule has 0 aliphatic rings. The second kappa shape index (κ2) is 9.54. The molecule has 5 nitrogen and oxygen atoms in total. The van der Waals surface area contributed by atoms with E-state index in [1.54, 1.807) is 12.1 Å². The quantitative estimate of drug-likeness (QED) is 0.385. The van der Waals surface area contributed by atoms with Gasteiger partial charge in [-0.2, -0.15) is 0 Å². The van der Waals surface area contributed by atoms with Crippen LogP contribution in [-0.2, 0) is 6.61 Å². The van der Waals surface area contributed by atoms with Crippen LogP contribution in [0.2, 0.25) is 36.3 Å². The third-order valence-electron chi connectivity index (χ3n) is 6.84. The topological polar surface area (TPSA) is 65.0 Å². The number of rotatable bonds is 8. The van der Waals surface area contributed by atoms with Gasteiger partial charge in [-0.05, 0) is 54.0 Å². The van der Waals surface area contributed by atoms with Crippen LogP contribution < -0.4 is 13.6 Å². The predicted octanol–water partition coefficient (Wildman–Crippen LogP) is 7.73. The molecule has 1 N–H and O–H groups in total. The Balaban J connectivity index is 2.65. The maximum Gasteiger partial charge on any atom is 0.335 e. The average Bonchev–Trinajstić information content (AvgIpc) is 2.66. The van der Waals surface area contributed by atoms with E-state index in [-0.39, 0.29) is 15.6 Å². The fraction of sp³-hybridized carbons (Fsp3) is 0.500. The highest BCUT2D eigenvalue weighted by Gasteiger charge is 2.43. The molecule has 0 saturated heterocycles. The normalized spacial score (nSPS) is 12.9. The Labute approximate surface area is 201 Å². The summed E-state index contributed by atoms with van der Waals surface area (Å²) in [5.74, 6) is 0.331. The van der Waals surface area contributed by atoms with Crippen LogP contribution in [0.25, 0.3) is 0 Å². The van der Waals surface area contributed by atoms with Crippen molar-refractivity contribution in [1.82, 2.24) is 0 Å². The minimum absolute atomic E-state index is 0.0522. The number of aromatic carboxylic acids is 1. The number of carbonyl (C=O) groups is 1. The number of ether oxygens (including phenoxy) is 1. The zero-order valence-electron chi connectivity index (χ0n) is 21.8. The Morgan fingerprint density at radius 1 is 0.818 bits per heavy atom. The van der Waals surface area contributed by atoms with Crippen molar-refractivity contribution in [3.05, 3.63) is 53.6 Å². The van der Waals surface area contributed by atoms with E-state index in [2.05, 4.69) is 67.7 Å². The molecule has 0 unspecified atom stereocenters. The van der Waals surface area contributed by atoms with E-state index in [1.165, 1.54) is 0 Å². The van der Waals surface area contributed by atoms with Crippen molar-refractivity contribution in [1.29, 1.82) is 0 Å². The van der Waals surface area contributed by atoms with Crippen LogP contribution >= 0.6 is 0 Å². The maximum absolute atomic E-state index is 12.0. The van der Waals surface area contributed by atoms with Gasteiger partial charge in [0.1, 0.15) is 12.4 Å². The van der Waals surface area contributed by atoms with Crippen molar-refractivity contribution in [2.75, 3.05) is 0 Å². The molecule has 0 fully saturated rings. The van der Waals surface area contributed by atoms with Crippen molar-refractivity contribution in [3.63, 3.8) is 0 Å². The third-order valence-corrected chi connectivity index (χ3v) is 15.5. The summed E-state index contributed by atoms with van der Waals surface area (Å²) in [5, 5.41) is 9.68. The minimum atomic E-state index is -2.28. The van der Waals surface area contributed by atoms with Gasteiger partial charge in [0.15, 0.2) is 11.5 Å².